The average Bonchev–Trinajstić information content (AvgIpc) is 3.81. The first-order chi connectivity index (χ1) is 23.4. The molecule has 0 aliphatic heterocycles. The van der Waals surface area contributed by atoms with E-state index in [-0.39, 0.29) is 67.2 Å². The Labute approximate surface area is 288 Å². The van der Waals surface area contributed by atoms with E-state index in [1.807, 2.05) is 20.8 Å². The molecule has 0 saturated heterocycles. The molecule has 2 aliphatic rings. The van der Waals surface area contributed by atoms with Crippen LogP contribution in [0.4, 0.5) is 0 Å². The van der Waals surface area contributed by atoms with Crippen molar-refractivity contribution >= 4 is 29.5 Å². The summed E-state index contributed by atoms with van der Waals surface area (Å²) in [6, 6.07) is -2.45. The van der Waals surface area contributed by atoms with Crippen LogP contribution in [-0.4, -0.2) is 101 Å². The Balaban J connectivity index is 1.64. The number of aromatic nitrogens is 2. The second-order valence-corrected chi connectivity index (χ2v) is 13.8. The van der Waals surface area contributed by atoms with E-state index < -0.39 is 47.9 Å². The molecule has 7 atom stereocenters. The highest BCUT2D eigenvalue weighted by Gasteiger charge is 2.40. The standard InChI is InChI=1S/C34H55N7O8/c1-7-8-24(30(43)34(47)38-22-10-11-22)39-27(42)15-21-9-12-26(49-18-48-6)23(21)16-37-32(45)28(19(2)3)41-33(46)29(20(4)5)40-31(44)25-17-35-13-14-36-25/h13-14,17,19-24,26,28-30,43H,7-12,15-16,18H2,1-6H3,(H,37,45)(H,38,47)(H,39,42)(H,40,44)(H,41,46)/t21-,23+,24?,26-,28+,29-,30?/m1/s1. The fraction of sp³-hybridized carbons (Fsp3) is 0.735. The number of carbonyl (C=O) groups excluding carboxylic acids is 5. The largest absolute Gasteiger partial charge is 0.381 e. The molecule has 15 nitrogen and oxygen atoms in total. The molecule has 49 heavy (non-hydrogen) atoms. The third-order valence-corrected chi connectivity index (χ3v) is 9.06. The quantitative estimate of drug-likeness (QED) is 0.106. The van der Waals surface area contributed by atoms with Crippen LogP contribution in [0.5, 0.6) is 0 Å². The van der Waals surface area contributed by atoms with Gasteiger partial charge in [0.2, 0.25) is 17.7 Å². The number of amides is 5. The molecule has 1 aromatic rings. The Kier molecular flexibility index (Phi) is 15.8. The van der Waals surface area contributed by atoms with Gasteiger partial charge in [0.1, 0.15) is 24.6 Å². The Hall–Kier alpha value is -3.69. The number of ether oxygens (including phenoxy) is 2. The van der Waals surface area contributed by atoms with Crippen molar-refractivity contribution in [1.29, 1.82) is 0 Å². The lowest BCUT2D eigenvalue weighted by Gasteiger charge is -2.29. The van der Waals surface area contributed by atoms with Crippen molar-refractivity contribution in [3.05, 3.63) is 24.3 Å². The molecule has 6 N–H and O–H groups in total. The van der Waals surface area contributed by atoms with Crippen LogP contribution in [-0.2, 0) is 28.7 Å². The first-order valence-electron chi connectivity index (χ1n) is 17.4. The SMILES string of the molecule is CCCC(NC(=O)C[C@H]1CC[C@@H](OCOC)[C@H]1CNC(=O)[C@@H](NC(=O)[C@H](NC(=O)c1cnccn1)C(C)C)C(C)C)C(O)C(=O)NC1CC1. The second-order valence-electron chi connectivity index (χ2n) is 13.8. The second kappa shape index (κ2) is 19.5. The summed E-state index contributed by atoms with van der Waals surface area (Å²) in [7, 11) is 1.52. The summed E-state index contributed by atoms with van der Waals surface area (Å²) in [5.74, 6) is -3.19. The highest BCUT2D eigenvalue weighted by Crippen LogP contribution is 2.36. The lowest BCUT2D eigenvalue weighted by Crippen LogP contribution is -2.57. The van der Waals surface area contributed by atoms with E-state index in [0.717, 1.165) is 12.8 Å². The number of methoxy groups -OCH3 is 1. The van der Waals surface area contributed by atoms with Gasteiger partial charge in [-0.1, -0.05) is 41.0 Å². The zero-order valence-electron chi connectivity index (χ0n) is 29.6. The molecule has 0 aromatic carbocycles. The van der Waals surface area contributed by atoms with Crippen molar-refractivity contribution in [3.63, 3.8) is 0 Å². The minimum absolute atomic E-state index is 0.0520. The highest BCUT2D eigenvalue weighted by molar-refractivity contribution is 5.97. The molecule has 0 spiro atoms. The monoisotopic (exact) mass is 689 g/mol. The number of rotatable bonds is 20. The number of carbonyl (C=O) groups is 5. The summed E-state index contributed by atoms with van der Waals surface area (Å²) < 4.78 is 11.1. The van der Waals surface area contributed by atoms with Gasteiger partial charge in [0.15, 0.2) is 6.10 Å². The van der Waals surface area contributed by atoms with E-state index in [4.69, 9.17) is 9.47 Å². The van der Waals surface area contributed by atoms with Gasteiger partial charge in [-0.2, -0.15) is 0 Å². The molecule has 2 unspecified atom stereocenters. The average molecular weight is 690 g/mol. The fourth-order valence-electron chi connectivity index (χ4n) is 6.12. The van der Waals surface area contributed by atoms with Gasteiger partial charge in [-0.05, 0) is 49.9 Å². The van der Waals surface area contributed by atoms with Crippen LogP contribution in [0.3, 0.4) is 0 Å². The maximum atomic E-state index is 13.6. The van der Waals surface area contributed by atoms with Crippen LogP contribution < -0.4 is 26.6 Å². The van der Waals surface area contributed by atoms with Crippen LogP contribution in [0.1, 0.15) is 90.1 Å². The molecular weight excluding hydrogens is 634 g/mol. The van der Waals surface area contributed by atoms with Crippen LogP contribution in [0.2, 0.25) is 0 Å². The van der Waals surface area contributed by atoms with Crippen molar-refractivity contribution < 1.29 is 38.6 Å². The maximum absolute atomic E-state index is 13.6. The summed E-state index contributed by atoms with van der Waals surface area (Å²) in [5, 5.41) is 24.8. The van der Waals surface area contributed by atoms with Gasteiger partial charge < -0.3 is 41.2 Å². The van der Waals surface area contributed by atoms with Crippen molar-refractivity contribution in [2.45, 2.75) is 116 Å². The van der Waals surface area contributed by atoms with Gasteiger partial charge in [0.05, 0.1) is 18.3 Å². The molecular formula is C34H55N7O8. The lowest BCUT2D eigenvalue weighted by atomic mass is 9.90. The van der Waals surface area contributed by atoms with Gasteiger partial charge in [-0.3, -0.25) is 29.0 Å². The Morgan fingerprint density at radius 1 is 0.918 bits per heavy atom. The van der Waals surface area contributed by atoms with Crippen molar-refractivity contribution in [3.8, 4) is 0 Å². The molecule has 274 valence electrons. The van der Waals surface area contributed by atoms with Gasteiger partial charge in [-0.15, -0.1) is 0 Å². The first kappa shape index (κ1) is 39.7. The molecule has 2 fully saturated rings. The third kappa shape index (κ3) is 12.3. The number of nitrogens with zero attached hydrogens (tertiary/aromatic N) is 2. The minimum atomic E-state index is -1.35. The number of aliphatic hydroxyl groups excluding tert-OH is 1. The van der Waals surface area contributed by atoms with Crippen molar-refractivity contribution in [2.24, 2.45) is 23.7 Å². The summed E-state index contributed by atoms with van der Waals surface area (Å²) in [4.78, 5) is 73.3. The molecule has 2 aliphatic carbocycles. The molecule has 3 rings (SSSR count). The third-order valence-electron chi connectivity index (χ3n) is 9.06. The summed E-state index contributed by atoms with van der Waals surface area (Å²) in [6.07, 6.45) is 6.83. The smallest absolute Gasteiger partial charge is 0.272 e. The molecule has 2 saturated carbocycles. The van der Waals surface area contributed by atoms with Crippen LogP contribution >= 0.6 is 0 Å². The summed E-state index contributed by atoms with van der Waals surface area (Å²) in [5.41, 5.74) is 0.0697. The predicted octanol–water partition coefficient (Wildman–Crippen LogP) is 0.818. The van der Waals surface area contributed by atoms with Crippen molar-refractivity contribution in [1.82, 2.24) is 36.6 Å². The van der Waals surface area contributed by atoms with E-state index in [2.05, 4.69) is 36.6 Å². The zero-order valence-corrected chi connectivity index (χ0v) is 29.6. The number of hydrogen-bond donors (Lipinski definition) is 6. The van der Waals surface area contributed by atoms with Crippen LogP contribution in [0, 0.1) is 23.7 Å². The van der Waals surface area contributed by atoms with Gasteiger partial charge in [0.25, 0.3) is 11.8 Å². The number of aliphatic hydroxyl groups is 1. The lowest BCUT2D eigenvalue weighted by molar-refractivity contribution is -0.133. The normalized spacial score (nSPS) is 21.4. The van der Waals surface area contributed by atoms with E-state index >= 15 is 0 Å². The molecule has 0 radical (unpaired) electrons. The number of hydrogen-bond acceptors (Lipinski definition) is 10. The molecule has 5 amide bonds. The van der Waals surface area contributed by atoms with E-state index in [1.54, 1.807) is 13.8 Å². The molecule has 1 aromatic heterocycles. The predicted molar refractivity (Wildman–Crippen MR) is 179 cm³/mol. The summed E-state index contributed by atoms with van der Waals surface area (Å²) >= 11 is 0. The minimum Gasteiger partial charge on any atom is -0.381 e. The van der Waals surface area contributed by atoms with Gasteiger partial charge >= 0.3 is 0 Å². The zero-order chi connectivity index (χ0) is 36.1. The highest BCUT2D eigenvalue weighted by atomic mass is 16.7. The molecule has 15 heteroatoms. The van der Waals surface area contributed by atoms with Crippen LogP contribution in [0.25, 0.3) is 0 Å². The van der Waals surface area contributed by atoms with Crippen LogP contribution in [0.15, 0.2) is 18.6 Å². The van der Waals surface area contributed by atoms with E-state index in [1.165, 1.54) is 25.7 Å². The summed E-state index contributed by atoms with van der Waals surface area (Å²) in [6.45, 7) is 9.36. The molecule has 1 heterocycles. The van der Waals surface area contributed by atoms with E-state index in [0.29, 0.717) is 25.7 Å². The fourth-order valence-corrected chi connectivity index (χ4v) is 6.12. The first-order valence-corrected chi connectivity index (χ1v) is 17.4. The van der Waals surface area contributed by atoms with Gasteiger partial charge in [0, 0.05) is 44.4 Å². The van der Waals surface area contributed by atoms with Gasteiger partial charge in [-0.25, -0.2) is 4.98 Å². The van der Waals surface area contributed by atoms with E-state index in [9.17, 15) is 29.1 Å². The molecule has 0 bridgehead atoms. The van der Waals surface area contributed by atoms with Crippen molar-refractivity contribution in [2.75, 3.05) is 20.4 Å². The topological polar surface area (TPSA) is 210 Å². The maximum Gasteiger partial charge on any atom is 0.272 e. The Morgan fingerprint density at radius 2 is 1.61 bits per heavy atom. The number of nitrogens with one attached hydrogen (secondary N) is 5. The Morgan fingerprint density at radius 3 is 2.20 bits per heavy atom. The Bertz CT molecular complexity index is 1250.